The first-order valence-corrected chi connectivity index (χ1v) is 10.0. The van der Waals surface area contributed by atoms with Gasteiger partial charge in [-0.25, -0.2) is 9.97 Å². The van der Waals surface area contributed by atoms with E-state index in [-0.39, 0.29) is 17.8 Å². The Morgan fingerprint density at radius 2 is 1.83 bits per heavy atom. The fraction of sp³-hybridized carbons (Fsp3) is 0.227. The van der Waals surface area contributed by atoms with Crippen molar-refractivity contribution in [3.8, 4) is 0 Å². The Kier molecular flexibility index (Phi) is 4.59. The quantitative estimate of drug-likeness (QED) is 0.512. The largest absolute Gasteiger partial charge is 0.383 e. The number of nitrogens with two attached hydrogens (primary N) is 1. The summed E-state index contributed by atoms with van der Waals surface area (Å²) in [5.41, 5.74) is 9.68. The molecular formula is C22H21N7O. The molecule has 1 aliphatic rings. The summed E-state index contributed by atoms with van der Waals surface area (Å²) in [4.78, 5) is 26.8. The van der Waals surface area contributed by atoms with E-state index in [9.17, 15) is 4.79 Å². The Hall–Kier alpha value is -3.81. The summed E-state index contributed by atoms with van der Waals surface area (Å²) < 4.78 is 1.47. The van der Waals surface area contributed by atoms with E-state index in [2.05, 4.69) is 15.4 Å². The molecule has 4 aromatic rings. The lowest BCUT2D eigenvalue weighted by Gasteiger charge is -2.11. The lowest BCUT2D eigenvalue weighted by molar-refractivity contribution is 0.0940. The number of nitrogens with zero attached hydrogens (tertiary/aromatic N) is 5. The van der Waals surface area contributed by atoms with Gasteiger partial charge in [-0.2, -0.15) is 9.78 Å². The third-order valence-electron chi connectivity index (χ3n) is 5.38. The van der Waals surface area contributed by atoms with E-state index in [1.807, 2.05) is 42.5 Å². The van der Waals surface area contributed by atoms with E-state index in [1.54, 1.807) is 12.4 Å². The lowest BCUT2D eigenvalue weighted by Crippen LogP contribution is -2.33. The van der Waals surface area contributed by atoms with Gasteiger partial charge in [-0.15, -0.1) is 0 Å². The van der Waals surface area contributed by atoms with Gasteiger partial charge in [0.05, 0.1) is 22.9 Å². The molecule has 0 saturated heterocycles. The van der Waals surface area contributed by atoms with Crippen LogP contribution in [0.4, 0.5) is 5.82 Å². The van der Waals surface area contributed by atoms with Crippen molar-refractivity contribution in [2.45, 2.75) is 31.7 Å². The van der Waals surface area contributed by atoms with Crippen molar-refractivity contribution in [3.63, 3.8) is 0 Å². The number of nitrogen functional groups attached to an aromatic ring is 1. The highest BCUT2D eigenvalue weighted by Crippen LogP contribution is 2.28. The molecule has 0 radical (unpaired) electrons. The van der Waals surface area contributed by atoms with Crippen LogP contribution in [0.25, 0.3) is 22.2 Å². The van der Waals surface area contributed by atoms with Crippen molar-refractivity contribution in [1.29, 1.82) is 0 Å². The second-order valence-corrected chi connectivity index (χ2v) is 7.41. The summed E-state index contributed by atoms with van der Waals surface area (Å²) in [5, 5.41) is 7.57. The molecule has 3 heterocycles. The minimum absolute atomic E-state index is 0.167. The molecule has 8 heteroatoms. The average molecular weight is 399 g/mol. The van der Waals surface area contributed by atoms with Gasteiger partial charge in [-0.3, -0.25) is 9.78 Å². The highest BCUT2D eigenvalue weighted by atomic mass is 16.1. The number of pyridine rings is 1. The van der Waals surface area contributed by atoms with Crippen LogP contribution in [-0.2, 0) is 0 Å². The SMILES string of the molecule is Nc1c(C(=O)NC2CCCC2)c2nc3ccccc3nc2n1/N=C\c1ccccn1. The minimum atomic E-state index is -0.235. The summed E-state index contributed by atoms with van der Waals surface area (Å²) in [6.45, 7) is 0. The summed E-state index contributed by atoms with van der Waals surface area (Å²) >= 11 is 0. The summed E-state index contributed by atoms with van der Waals surface area (Å²) in [5.74, 6) is -0.0243. The zero-order valence-electron chi connectivity index (χ0n) is 16.3. The molecule has 0 unspecified atom stereocenters. The number of aromatic nitrogens is 4. The molecule has 1 fully saturated rings. The van der Waals surface area contributed by atoms with Crippen molar-refractivity contribution in [2.24, 2.45) is 5.10 Å². The first-order valence-electron chi connectivity index (χ1n) is 10.0. The molecule has 1 aromatic carbocycles. The van der Waals surface area contributed by atoms with Gasteiger partial charge in [0, 0.05) is 12.2 Å². The minimum Gasteiger partial charge on any atom is -0.383 e. The first kappa shape index (κ1) is 18.2. The van der Waals surface area contributed by atoms with E-state index in [4.69, 9.17) is 15.7 Å². The van der Waals surface area contributed by atoms with Gasteiger partial charge >= 0.3 is 0 Å². The van der Waals surface area contributed by atoms with Crippen LogP contribution in [0.15, 0.2) is 53.8 Å². The van der Waals surface area contributed by atoms with E-state index in [0.29, 0.717) is 33.5 Å². The topological polar surface area (TPSA) is 111 Å². The zero-order chi connectivity index (χ0) is 20.5. The van der Waals surface area contributed by atoms with Gasteiger partial charge < -0.3 is 11.1 Å². The number of para-hydroxylation sites is 2. The highest BCUT2D eigenvalue weighted by molar-refractivity contribution is 6.10. The van der Waals surface area contributed by atoms with Crippen LogP contribution >= 0.6 is 0 Å². The van der Waals surface area contributed by atoms with Crippen molar-refractivity contribution >= 4 is 40.1 Å². The molecular weight excluding hydrogens is 378 g/mol. The maximum Gasteiger partial charge on any atom is 0.257 e. The van der Waals surface area contributed by atoms with Crippen molar-refractivity contribution in [2.75, 3.05) is 5.73 Å². The van der Waals surface area contributed by atoms with Gasteiger partial charge in [0.1, 0.15) is 16.9 Å². The maximum absolute atomic E-state index is 13.1. The molecule has 3 aromatic heterocycles. The number of fused-ring (bicyclic) bond motifs is 2. The van der Waals surface area contributed by atoms with Gasteiger partial charge in [0.15, 0.2) is 5.65 Å². The number of carbonyl (C=O) groups is 1. The highest BCUT2D eigenvalue weighted by Gasteiger charge is 2.26. The van der Waals surface area contributed by atoms with E-state index in [0.717, 1.165) is 25.7 Å². The van der Waals surface area contributed by atoms with Crippen molar-refractivity contribution < 1.29 is 4.79 Å². The Balaban J connectivity index is 1.66. The predicted octanol–water partition coefficient (Wildman–Crippen LogP) is 3.12. The van der Waals surface area contributed by atoms with E-state index < -0.39 is 0 Å². The molecule has 0 bridgehead atoms. The number of nitrogens with one attached hydrogen (secondary N) is 1. The van der Waals surface area contributed by atoms with Crippen LogP contribution in [0.5, 0.6) is 0 Å². The van der Waals surface area contributed by atoms with Crippen LogP contribution in [-0.4, -0.2) is 37.8 Å². The van der Waals surface area contributed by atoms with Crippen LogP contribution in [0, 0.1) is 0 Å². The molecule has 0 aliphatic heterocycles. The Labute approximate surface area is 172 Å². The van der Waals surface area contributed by atoms with Crippen molar-refractivity contribution in [3.05, 3.63) is 59.9 Å². The van der Waals surface area contributed by atoms with Gasteiger partial charge in [0.2, 0.25) is 0 Å². The van der Waals surface area contributed by atoms with Gasteiger partial charge in [-0.1, -0.05) is 31.0 Å². The van der Waals surface area contributed by atoms with Crippen LogP contribution in [0.1, 0.15) is 41.7 Å². The molecule has 0 atom stereocenters. The molecule has 1 saturated carbocycles. The molecule has 5 rings (SSSR count). The number of rotatable bonds is 4. The smallest absolute Gasteiger partial charge is 0.257 e. The van der Waals surface area contributed by atoms with E-state index in [1.165, 1.54) is 4.68 Å². The average Bonchev–Trinajstić information content (AvgIpc) is 3.36. The number of carbonyl (C=O) groups excluding carboxylic acids is 1. The summed E-state index contributed by atoms with van der Waals surface area (Å²) in [6.07, 6.45) is 7.49. The molecule has 1 amide bonds. The second kappa shape index (κ2) is 7.55. The zero-order valence-corrected chi connectivity index (χ0v) is 16.3. The number of benzene rings is 1. The molecule has 0 spiro atoms. The third kappa shape index (κ3) is 3.26. The fourth-order valence-corrected chi connectivity index (χ4v) is 3.89. The van der Waals surface area contributed by atoms with Crippen LogP contribution in [0.2, 0.25) is 0 Å². The Morgan fingerprint density at radius 3 is 2.57 bits per heavy atom. The summed E-state index contributed by atoms with van der Waals surface area (Å²) in [7, 11) is 0. The maximum atomic E-state index is 13.1. The number of hydrogen-bond donors (Lipinski definition) is 2. The molecule has 30 heavy (non-hydrogen) atoms. The van der Waals surface area contributed by atoms with Crippen LogP contribution < -0.4 is 11.1 Å². The normalized spacial score (nSPS) is 14.8. The third-order valence-corrected chi connectivity index (χ3v) is 5.38. The monoisotopic (exact) mass is 399 g/mol. The Bertz CT molecular complexity index is 1260. The van der Waals surface area contributed by atoms with Gasteiger partial charge in [-0.05, 0) is 37.1 Å². The van der Waals surface area contributed by atoms with Crippen LogP contribution in [0.3, 0.4) is 0 Å². The molecule has 150 valence electrons. The standard InChI is InChI=1S/C22H21N7O/c23-20-18(22(30)26-14-7-1-2-8-14)19-21(28-17-11-4-3-10-16(17)27-19)29(20)25-13-15-9-5-6-12-24-15/h3-6,9-14H,1-2,7-8,23H2,(H,26,30)/b25-13-. The van der Waals surface area contributed by atoms with E-state index >= 15 is 0 Å². The predicted molar refractivity (Wildman–Crippen MR) is 116 cm³/mol. The number of anilines is 1. The molecule has 8 nitrogen and oxygen atoms in total. The molecule has 1 aliphatic carbocycles. The Morgan fingerprint density at radius 1 is 1.10 bits per heavy atom. The first-order chi connectivity index (χ1) is 14.7. The van der Waals surface area contributed by atoms with Crippen molar-refractivity contribution in [1.82, 2.24) is 24.9 Å². The second-order valence-electron chi connectivity index (χ2n) is 7.41. The number of amides is 1. The summed E-state index contributed by atoms with van der Waals surface area (Å²) in [6, 6.07) is 13.2. The number of hydrogen-bond acceptors (Lipinski definition) is 6. The molecule has 3 N–H and O–H groups in total. The van der Waals surface area contributed by atoms with Gasteiger partial charge in [0.25, 0.3) is 5.91 Å². The fourth-order valence-electron chi connectivity index (χ4n) is 3.89. The lowest BCUT2D eigenvalue weighted by atomic mass is 10.2.